The third-order valence-corrected chi connectivity index (χ3v) is 4.40. The van der Waals surface area contributed by atoms with Gasteiger partial charge in [-0.2, -0.15) is 0 Å². The summed E-state index contributed by atoms with van der Waals surface area (Å²) in [5.41, 5.74) is 1.37. The fraction of sp³-hybridized carbons (Fsp3) is 0.632. The summed E-state index contributed by atoms with van der Waals surface area (Å²) in [4.78, 5) is 14.6. The number of amides is 1. The SMILES string of the molecule is COc1ccccc1C1CNCCN1CC(=O)NCCC(C)(C)C.Cl. The summed E-state index contributed by atoms with van der Waals surface area (Å²) < 4.78 is 5.50. The van der Waals surface area contributed by atoms with Gasteiger partial charge in [0.15, 0.2) is 0 Å². The number of methoxy groups -OCH3 is 1. The summed E-state index contributed by atoms with van der Waals surface area (Å²) in [6.45, 7) is 10.3. The van der Waals surface area contributed by atoms with Crippen LogP contribution in [0, 0.1) is 5.41 Å². The Hall–Kier alpha value is -1.30. The van der Waals surface area contributed by atoms with E-state index in [0.29, 0.717) is 6.54 Å². The number of benzene rings is 1. The Balaban J connectivity index is 0.00000312. The van der Waals surface area contributed by atoms with Gasteiger partial charge < -0.3 is 15.4 Å². The van der Waals surface area contributed by atoms with Crippen molar-refractivity contribution < 1.29 is 9.53 Å². The number of carbonyl (C=O) groups is 1. The van der Waals surface area contributed by atoms with Crippen molar-refractivity contribution in [2.45, 2.75) is 33.2 Å². The molecule has 1 aliphatic heterocycles. The number of nitrogens with zero attached hydrogens (tertiary/aromatic N) is 1. The molecule has 1 unspecified atom stereocenters. The van der Waals surface area contributed by atoms with Gasteiger partial charge in [0.25, 0.3) is 0 Å². The van der Waals surface area contributed by atoms with Gasteiger partial charge in [-0.25, -0.2) is 0 Å². The predicted octanol–water partition coefficient (Wildman–Crippen LogP) is 2.62. The van der Waals surface area contributed by atoms with Crippen molar-refractivity contribution in [3.63, 3.8) is 0 Å². The van der Waals surface area contributed by atoms with Crippen LogP contribution in [0.2, 0.25) is 0 Å². The van der Waals surface area contributed by atoms with E-state index in [0.717, 1.165) is 43.9 Å². The molecule has 25 heavy (non-hydrogen) atoms. The molecule has 6 heteroatoms. The molecule has 0 aliphatic carbocycles. The number of para-hydroxylation sites is 1. The van der Waals surface area contributed by atoms with Crippen LogP contribution < -0.4 is 15.4 Å². The molecular weight excluding hydrogens is 338 g/mol. The van der Waals surface area contributed by atoms with E-state index in [-0.39, 0.29) is 29.8 Å². The average Bonchev–Trinajstić information content (AvgIpc) is 2.54. The minimum Gasteiger partial charge on any atom is -0.496 e. The van der Waals surface area contributed by atoms with Crippen LogP contribution >= 0.6 is 12.4 Å². The zero-order chi connectivity index (χ0) is 17.6. The van der Waals surface area contributed by atoms with Crippen LogP contribution in [0.4, 0.5) is 0 Å². The minimum atomic E-state index is 0. The number of hydrogen-bond acceptors (Lipinski definition) is 4. The smallest absolute Gasteiger partial charge is 0.234 e. The molecule has 1 heterocycles. The van der Waals surface area contributed by atoms with Crippen LogP contribution in [0.1, 0.15) is 38.8 Å². The molecule has 2 rings (SSSR count). The third kappa shape index (κ3) is 6.84. The summed E-state index contributed by atoms with van der Waals surface area (Å²) >= 11 is 0. The first kappa shape index (κ1) is 21.7. The highest BCUT2D eigenvalue weighted by atomic mass is 35.5. The average molecular weight is 370 g/mol. The molecule has 1 aromatic carbocycles. The van der Waals surface area contributed by atoms with Gasteiger partial charge in [0.2, 0.25) is 5.91 Å². The molecule has 0 radical (unpaired) electrons. The Morgan fingerprint density at radius 2 is 2.08 bits per heavy atom. The Labute approximate surface area is 157 Å². The summed E-state index contributed by atoms with van der Waals surface area (Å²) in [6.07, 6.45) is 0.982. The molecule has 0 spiro atoms. The first-order chi connectivity index (χ1) is 11.4. The van der Waals surface area contributed by atoms with Gasteiger partial charge in [-0.15, -0.1) is 12.4 Å². The van der Waals surface area contributed by atoms with Gasteiger partial charge in [-0.05, 0) is 17.9 Å². The van der Waals surface area contributed by atoms with E-state index >= 15 is 0 Å². The number of halogens is 1. The molecule has 0 bridgehead atoms. The molecule has 1 amide bonds. The fourth-order valence-electron chi connectivity index (χ4n) is 3.00. The molecule has 5 nitrogen and oxygen atoms in total. The molecule has 0 saturated carbocycles. The molecular formula is C19H32ClN3O2. The number of hydrogen-bond donors (Lipinski definition) is 2. The topological polar surface area (TPSA) is 53.6 Å². The lowest BCUT2D eigenvalue weighted by molar-refractivity contribution is -0.123. The maximum absolute atomic E-state index is 12.3. The number of nitrogens with one attached hydrogen (secondary N) is 2. The van der Waals surface area contributed by atoms with Gasteiger partial charge >= 0.3 is 0 Å². The summed E-state index contributed by atoms with van der Waals surface area (Å²) in [7, 11) is 1.69. The van der Waals surface area contributed by atoms with E-state index in [4.69, 9.17) is 4.74 Å². The molecule has 1 fully saturated rings. The fourth-order valence-corrected chi connectivity index (χ4v) is 3.00. The molecule has 142 valence electrons. The van der Waals surface area contributed by atoms with Crippen molar-refractivity contribution in [2.75, 3.05) is 39.8 Å². The Kier molecular flexibility index (Phi) is 8.69. The Bertz CT molecular complexity index is 546. The first-order valence-electron chi connectivity index (χ1n) is 8.75. The quantitative estimate of drug-likeness (QED) is 0.809. The zero-order valence-electron chi connectivity index (χ0n) is 15.8. The van der Waals surface area contributed by atoms with Crippen LogP contribution in [0.3, 0.4) is 0 Å². The van der Waals surface area contributed by atoms with Crippen LogP contribution in [-0.2, 0) is 4.79 Å². The minimum absolute atomic E-state index is 0. The van der Waals surface area contributed by atoms with Crippen molar-refractivity contribution in [2.24, 2.45) is 5.41 Å². The number of piperazine rings is 1. The molecule has 2 N–H and O–H groups in total. The molecule has 1 atom stereocenters. The van der Waals surface area contributed by atoms with Crippen molar-refractivity contribution in [1.29, 1.82) is 0 Å². The lowest BCUT2D eigenvalue weighted by atomic mass is 9.92. The Morgan fingerprint density at radius 3 is 2.76 bits per heavy atom. The van der Waals surface area contributed by atoms with Crippen LogP contribution in [0.25, 0.3) is 0 Å². The molecule has 1 aliphatic rings. The van der Waals surface area contributed by atoms with E-state index in [1.54, 1.807) is 7.11 Å². The monoisotopic (exact) mass is 369 g/mol. The number of rotatable bonds is 6. The van der Waals surface area contributed by atoms with Crippen molar-refractivity contribution >= 4 is 18.3 Å². The van der Waals surface area contributed by atoms with E-state index in [2.05, 4.69) is 42.4 Å². The summed E-state index contributed by atoms with van der Waals surface area (Å²) in [5, 5.41) is 6.48. The lowest BCUT2D eigenvalue weighted by Gasteiger charge is -2.36. The largest absolute Gasteiger partial charge is 0.496 e. The first-order valence-corrected chi connectivity index (χ1v) is 8.75. The lowest BCUT2D eigenvalue weighted by Crippen LogP contribution is -2.49. The summed E-state index contributed by atoms with van der Waals surface area (Å²) in [6, 6.07) is 8.21. The van der Waals surface area contributed by atoms with Crippen LogP contribution in [-0.4, -0.2) is 50.6 Å². The normalized spacial score (nSPS) is 18.3. The zero-order valence-corrected chi connectivity index (χ0v) is 16.6. The maximum atomic E-state index is 12.3. The van der Waals surface area contributed by atoms with Gasteiger partial charge in [0.05, 0.1) is 19.7 Å². The van der Waals surface area contributed by atoms with E-state index < -0.39 is 0 Å². The second-order valence-electron chi connectivity index (χ2n) is 7.59. The number of ether oxygens (including phenoxy) is 1. The third-order valence-electron chi connectivity index (χ3n) is 4.40. The van der Waals surface area contributed by atoms with Crippen LogP contribution in [0.15, 0.2) is 24.3 Å². The van der Waals surface area contributed by atoms with E-state index in [9.17, 15) is 4.79 Å². The molecule has 1 aromatic rings. The second kappa shape index (κ2) is 10.00. The van der Waals surface area contributed by atoms with Crippen LogP contribution in [0.5, 0.6) is 5.75 Å². The highest BCUT2D eigenvalue weighted by Gasteiger charge is 2.27. The van der Waals surface area contributed by atoms with E-state index in [1.807, 2.05) is 18.2 Å². The standard InChI is InChI=1S/C19H31N3O2.ClH/c1-19(2,3)9-10-21-18(23)14-22-12-11-20-13-16(22)15-7-5-6-8-17(15)24-4;/h5-8,16,20H,9-14H2,1-4H3,(H,21,23);1H. The molecule has 1 saturated heterocycles. The maximum Gasteiger partial charge on any atom is 0.234 e. The Morgan fingerprint density at radius 1 is 1.36 bits per heavy atom. The second-order valence-corrected chi connectivity index (χ2v) is 7.59. The highest BCUT2D eigenvalue weighted by Crippen LogP contribution is 2.29. The molecule has 0 aromatic heterocycles. The van der Waals surface area contributed by atoms with Gasteiger partial charge in [0.1, 0.15) is 5.75 Å². The van der Waals surface area contributed by atoms with Gasteiger partial charge in [0, 0.05) is 31.7 Å². The van der Waals surface area contributed by atoms with E-state index in [1.165, 1.54) is 0 Å². The van der Waals surface area contributed by atoms with Gasteiger partial charge in [-0.3, -0.25) is 9.69 Å². The van der Waals surface area contributed by atoms with Crippen molar-refractivity contribution in [1.82, 2.24) is 15.5 Å². The predicted molar refractivity (Wildman–Crippen MR) is 105 cm³/mol. The highest BCUT2D eigenvalue weighted by molar-refractivity contribution is 5.85. The summed E-state index contributed by atoms with van der Waals surface area (Å²) in [5.74, 6) is 0.977. The van der Waals surface area contributed by atoms with Crippen molar-refractivity contribution in [3.05, 3.63) is 29.8 Å². The van der Waals surface area contributed by atoms with Crippen molar-refractivity contribution in [3.8, 4) is 5.75 Å². The van der Waals surface area contributed by atoms with Gasteiger partial charge in [-0.1, -0.05) is 39.0 Å². The number of carbonyl (C=O) groups excluding carboxylic acids is 1.